The molecule has 4 aromatic rings. The number of aromatic nitrogens is 5. The number of hydrogen-bond acceptors (Lipinski definition) is 9. The van der Waals surface area contributed by atoms with Crippen LogP contribution in [0.1, 0.15) is 24.1 Å². The van der Waals surface area contributed by atoms with E-state index in [0.717, 1.165) is 6.07 Å². The molecule has 37 heavy (non-hydrogen) atoms. The van der Waals surface area contributed by atoms with Gasteiger partial charge >= 0.3 is 6.09 Å². The molecule has 3 aromatic heterocycles. The highest BCUT2D eigenvalue weighted by Gasteiger charge is 2.24. The van der Waals surface area contributed by atoms with Crippen molar-refractivity contribution in [1.82, 2.24) is 30.3 Å². The van der Waals surface area contributed by atoms with E-state index in [0.29, 0.717) is 16.9 Å². The van der Waals surface area contributed by atoms with Gasteiger partial charge in [0.05, 0.1) is 49.0 Å². The molecular formula is C24H22FN9O3. The van der Waals surface area contributed by atoms with Crippen molar-refractivity contribution in [2.24, 2.45) is 0 Å². The zero-order chi connectivity index (χ0) is 26.4. The number of anilines is 3. The zero-order valence-corrected chi connectivity index (χ0v) is 19.8. The van der Waals surface area contributed by atoms with Gasteiger partial charge in [-0.25, -0.2) is 23.8 Å². The molecule has 0 bridgehead atoms. The van der Waals surface area contributed by atoms with Crippen LogP contribution in [0.5, 0.6) is 5.88 Å². The fourth-order valence-electron chi connectivity index (χ4n) is 3.66. The van der Waals surface area contributed by atoms with Crippen molar-refractivity contribution < 1.29 is 19.0 Å². The van der Waals surface area contributed by atoms with Gasteiger partial charge in [-0.2, -0.15) is 5.26 Å². The van der Waals surface area contributed by atoms with Crippen LogP contribution in [0.2, 0.25) is 0 Å². The van der Waals surface area contributed by atoms with Gasteiger partial charge in [0.1, 0.15) is 11.8 Å². The van der Waals surface area contributed by atoms with Crippen molar-refractivity contribution in [3.8, 4) is 17.6 Å². The Morgan fingerprint density at radius 3 is 2.68 bits per heavy atom. The maximum atomic E-state index is 15.0. The number of carbonyl (C=O) groups is 1. The van der Waals surface area contributed by atoms with Crippen molar-refractivity contribution in [3.05, 3.63) is 78.0 Å². The summed E-state index contributed by atoms with van der Waals surface area (Å²) in [5.74, 6) is -0.598. The second-order valence-corrected chi connectivity index (χ2v) is 7.82. The van der Waals surface area contributed by atoms with Gasteiger partial charge < -0.3 is 25.8 Å². The minimum Gasteiger partial charge on any atom is -0.479 e. The quantitative estimate of drug-likeness (QED) is 0.265. The average molecular weight is 503 g/mol. The molecule has 1 amide bonds. The van der Waals surface area contributed by atoms with Crippen molar-refractivity contribution in [2.75, 3.05) is 17.7 Å². The number of pyridine rings is 2. The predicted molar refractivity (Wildman–Crippen MR) is 131 cm³/mol. The van der Waals surface area contributed by atoms with Crippen molar-refractivity contribution >= 4 is 23.4 Å². The SMILES string of the molecule is COc1ncc(Nc2nc(N[C@@H](c3ccccc3)[C@H](C)NC(=O)O)c(F)cc2C#N)cc1-n1ccnn1. The molecule has 2 atom stereocenters. The molecule has 3 heterocycles. The van der Waals surface area contributed by atoms with E-state index in [1.165, 1.54) is 24.2 Å². The van der Waals surface area contributed by atoms with Crippen molar-refractivity contribution in [2.45, 2.75) is 19.0 Å². The molecule has 4 rings (SSSR count). The lowest BCUT2D eigenvalue weighted by molar-refractivity contribution is 0.189. The Hall–Kier alpha value is -5.25. The van der Waals surface area contributed by atoms with Crippen LogP contribution in [0.3, 0.4) is 0 Å². The average Bonchev–Trinajstić information content (AvgIpc) is 3.43. The molecule has 0 aliphatic heterocycles. The van der Waals surface area contributed by atoms with Gasteiger partial charge in [0.2, 0.25) is 5.88 Å². The van der Waals surface area contributed by atoms with Crippen molar-refractivity contribution in [1.29, 1.82) is 5.26 Å². The monoisotopic (exact) mass is 503 g/mol. The van der Waals surface area contributed by atoms with Crippen LogP contribution in [0.25, 0.3) is 5.69 Å². The van der Waals surface area contributed by atoms with Gasteiger partial charge in [0.15, 0.2) is 17.5 Å². The number of hydrogen-bond donors (Lipinski definition) is 4. The first-order valence-electron chi connectivity index (χ1n) is 11.0. The minimum absolute atomic E-state index is 0.0471. The molecule has 188 valence electrons. The first-order chi connectivity index (χ1) is 17.9. The molecule has 0 aliphatic rings. The molecule has 4 N–H and O–H groups in total. The highest BCUT2D eigenvalue weighted by molar-refractivity contribution is 5.67. The Bertz CT molecular complexity index is 1430. The van der Waals surface area contributed by atoms with Crippen LogP contribution in [-0.2, 0) is 0 Å². The Kier molecular flexibility index (Phi) is 7.39. The molecule has 12 nitrogen and oxygen atoms in total. The second-order valence-electron chi connectivity index (χ2n) is 7.82. The lowest BCUT2D eigenvalue weighted by atomic mass is 10.0. The summed E-state index contributed by atoms with van der Waals surface area (Å²) in [4.78, 5) is 19.8. The maximum absolute atomic E-state index is 15.0. The summed E-state index contributed by atoms with van der Waals surface area (Å²) in [5.41, 5.74) is 1.56. The topological polar surface area (TPSA) is 163 Å². The predicted octanol–water partition coefficient (Wildman–Crippen LogP) is 3.63. The normalized spacial score (nSPS) is 12.2. The largest absolute Gasteiger partial charge is 0.479 e. The Balaban J connectivity index is 1.69. The number of nitrogens with one attached hydrogen (secondary N) is 3. The van der Waals surface area contributed by atoms with Crippen LogP contribution in [0, 0.1) is 17.1 Å². The summed E-state index contributed by atoms with van der Waals surface area (Å²) in [6.45, 7) is 1.65. The number of carboxylic acid groups (broad SMARTS) is 1. The van der Waals surface area contributed by atoms with E-state index >= 15 is 4.39 Å². The number of amides is 1. The van der Waals surface area contributed by atoms with Crippen LogP contribution in [0.15, 0.2) is 61.1 Å². The molecule has 13 heteroatoms. The lowest BCUT2D eigenvalue weighted by Crippen LogP contribution is -2.39. The molecule has 0 unspecified atom stereocenters. The number of nitrogens with zero attached hydrogens (tertiary/aromatic N) is 6. The molecule has 0 fully saturated rings. The number of ether oxygens (including phenoxy) is 1. The number of halogens is 1. The number of nitriles is 1. The summed E-state index contributed by atoms with van der Waals surface area (Å²) < 4.78 is 21.8. The fourth-order valence-corrected chi connectivity index (χ4v) is 3.66. The van der Waals surface area contributed by atoms with Crippen LogP contribution >= 0.6 is 0 Å². The Morgan fingerprint density at radius 1 is 1.24 bits per heavy atom. The highest BCUT2D eigenvalue weighted by atomic mass is 19.1. The summed E-state index contributed by atoms with van der Waals surface area (Å²) in [7, 11) is 1.46. The molecule has 0 spiro atoms. The highest BCUT2D eigenvalue weighted by Crippen LogP contribution is 2.29. The second kappa shape index (κ2) is 11.0. The van der Waals surface area contributed by atoms with E-state index in [2.05, 4.69) is 36.2 Å². The number of rotatable bonds is 9. The van der Waals surface area contributed by atoms with E-state index in [-0.39, 0.29) is 23.1 Å². The van der Waals surface area contributed by atoms with E-state index < -0.39 is 24.0 Å². The van der Waals surface area contributed by atoms with Gasteiger partial charge in [0.25, 0.3) is 0 Å². The van der Waals surface area contributed by atoms with Gasteiger partial charge in [0, 0.05) is 0 Å². The van der Waals surface area contributed by atoms with E-state index in [4.69, 9.17) is 4.74 Å². The maximum Gasteiger partial charge on any atom is 0.404 e. The third kappa shape index (κ3) is 5.70. The van der Waals surface area contributed by atoms with Gasteiger partial charge in [-0.05, 0) is 24.6 Å². The smallest absolute Gasteiger partial charge is 0.404 e. The zero-order valence-electron chi connectivity index (χ0n) is 19.8. The number of benzene rings is 1. The third-order valence-electron chi connectivity index (χ3n) is 5.36. The first kappa shape index (κ1) is 24.9. The fraction of sp³-hybridized carbons (Fsp3) is 0.167. The Morgan fingerprint density at radius 2 is 2.03 bits per heavy atom. The van der Waals surface area contributed by atoms with E-state index in [1.807, 2.05) is 12.1 Å². The van der Waals surface area contributed by atoms with Crippen LogP contribution < -0.4 is 20.7 Å². The van der Waals surface area contributed by atoms with Crippen LogP contribution in [-0.4, -0.2) is 49.3 Å². The van der Waals surface area contributed by atoms with E-state index in [9.17, 15) is 15.2 Å². The number of methoxy groups -OCH3 is 1. The van der Waals surface area contributed by atoms with Gasteiger partial charge in [-0.3, -0.25) is 0 Å². The minimum atomic E-state index is -1.22. The molecular weight excluding hydrogens is 481 g/mol. The molecule has 1 aromatic carbocycles. The first-order valence-corrected chi connectivity index (χ1v) is 11.0. The summed E-state index contributed by atoms with van der Waals surface area (Å²) >= 11 is 0. The summed E-state index contributed by atoms with van der Waals surface area (Å²) in [6, 6.07) is 12.3. The standard InChI is InChI=1S/C24H22FN9O3/c1-14(29-24(35)36)20(15-6-4-3-5-7-15)31-22-18(25)10-16(12-26)21(32-22)30-17-11-19(23(37-2)27-13-17)34-9-8-28-33-34/h3-11,13-14,20,29H,1-2H3,(H,35,36)(H2,30,31,32)/t14-,20+/m0/s1. The van der Waals surface area contributed by atoms with Gasteiger partial charge in [-0.1, -0.05) is 35.5 Å². The summed E-state index contributed by atoms with van der Waals surface area (Å²) in [5, 5.41) is 34.9. The van der Waals surface area contributed by atoms with Gasteiger partial charge in [-0.15, -0.1) is 5.10 Å². The van der Waals surface area contributed by atoms with Crippen LogP contribution in [0.4, 0.5) is 26.5 Å². The molecule has 0 saturated heterocycles. The molecule has 0 aliphatic carbocycles. The van der Waals surface area contributed by atoms with Crippen molar-refractivity contribution in [3.63, 3.8) is 0 Å². The molecule has 0 radical (unpaired) electrons. The lowest BCUT2D eigenvalue weighted by Gasteiger charge is -2.26. The van der Waals surface area contributed by atoms with E-state index in [1.54, 1.807) is 43.5 Å². The molecule has 0 saturated carbocycles. The Labute approximate surface area is 210 Å². The summed E-state index contributed by atoms with van der Waals surface area (Å²) in [6.07, 6.45) is 3.35. The third-order valence-corrected chi connectivity index (χ3v) is 5.36.